The molecular formula is C15H14FN3O3. The number of rotatable bonds is 3. The predicted molar refractivity (Wildman–Crippen MR) is 81.0 cm³/mol. The van der Waals surface area contributed by atoms with Gasteiger partial charge in [0, 0.05) is 26.4 Å². The maximum Gasteiger partial charge on any atom is 0.330 e. The molecule has 1 heterocycles. The second-order valence-electron chi connectivity index (χ2n) is 4.64. The van der Waals surface area contributed by atoms with E-state index in [1.165, 1.54) is 49.1 Å². The van der Waals surface area contributed by atoms with Crippen LogP contribution in [0.25, 0.3) is 6.08 Å². The van der Waals surface area contributed by atoms with Crippen LogP contribution in [0.5, 0.6) is 0 Å². The van der Waals surface area contributed by atoms with E-state index in [2.05, 4.69) is 5.32 Å². The van der Waals surface area contributed by atoms with Crippen LogP contribution in [0, 0.1) is 5.82 Å². The molecule has 1 aromatic heterocycles. The number of para-hydroxylation sites is 1. The van der Waals surface area contributed by atoms with Crippen molar-refractivity contribution in [3.63, 3.8) is 0 Å². The summed E-state index contributed by atoms with van der Waals surface area (Å²) in [6.45, 7) is 0. The van der Waals surface area contributed by atoms with Gasteiger partial charge >= 0.3 is 5.69 Å². The second kappa shape index (κ2) is 6.21. The maximum atomic E-state index is 13.4. The van der Waals surface area contributed by atoms with Gasteiger partial charge in [-0.3, -0.25) is 14.2 Å². The molecule has 0 saturated heterocycles. The van der Waals surface area contributed by atoms with Crippen LogP contribution in [0.15, 0.2) is 46.1 Å². The van der Waals surface area contributed by atoms with Gasteiger partial charge < -0.3 is 9.88 Å². The minimum absolute atomic E-state index is 0.0468. The van der Waals surface area contributed by atoms with Crippen molar-refractivity contribution in [1.29, 1.82) is 0 Å². The molecule has 1 amide bonds. The van der Waals surface area contributed by atoms with E-state index in [-0.39, 0.29) is 11.3 Å². The molecule has 7 heteroatoms. The lowest BCUT2D eigenvalue weighted by molar-refractivity contribution is -0.111. The minimum Gasteiger partial charge on any atom is -0.320 e. The minimum atomic E-state index is -0.582. The molecule has 0 spiro atoms. The second-order valence-corrected chi connectivity index (χ2v) is 4.64. The standard InChI is InChI=1S/C15H14FN3O3/c1-18-9-10(14(21)19(2)15(18)22)7-8-13(20)17-12-6-4-3-5-11(12)16/h3-9H,1-2H3,(H,17,20)/b8-7+. The lowest BCUT2D eigenvalue weighted by Crippen LogP contribution is -2.37. The summed E-state index contributed by atoms with van der Waals surface area (Å²) < 4.78 is 15.6. The largest absolute Gasteiger partial charge is 0.330 e. The predicted octanol–water partition coefficient (Wildman–Crippen LogP) is 0.875. The highest BCUT2D eigenvalue weighted by atomic mass is 19.1. The highest BCUT2D eigenvalue weighted by Crippen LogP contribution is 2.12. The Kier molecular flexibility index (Phi) is 4.36. The molecule has 2 rings (SSSR count). The Morgan fingerprint density at radius 3 is 2.59 bits per heavy atom. The summed E-state index contributed by atoms with van der Waals surface area (Å²) >= 11 is 0. The van der Waals surface area contributed by atoms with Gasteiger partial charge in [0.05, 0.1) is 11.3 Å². The highest BCUT2D eigenvalue weighted by Gasteiger charge is 2.06. The number of nitrogens with zero attached hydrogens (tertiary/aromatic N) is 2. The number of aryl methyl sites for hydroxylation is 1. The van der Waals surface area contributed by atoms with E-state index in [0.717, 1.165) is 10.6 Å². The van der Waals surface area contributed by atoms with Crippen LogP contribution in [0.1, 0.15) is 5.56 Å². The van der Waals surface area contributed by atoms with Crippen molar-refractivity contribution in [2.75, 3.05) is 5.32 Å². The average Bonchev–Trinajstić information content (AvgIpc) is 2.50. The van der Waals surface area contributed by atoms with Crippen molar-refractivity contribution in [2.45, 2.75) is 0 Å². The highest BCUT2D eigenvalue weighted by molar-refractivity contribution is 6.01. The number of halogens is 1. The quantitative estimate of drug-likeness (QED) is 0.855. The Labute approximate surface area is 125 Å². The van der Waals surface area contributed by atoms with E-state index in [9.17, 15) is 18.8 Å². The fraction of sp³-hybridized carbons (Fsp3) is 0.133. The molecule has 0 radical (unpaired) electrons. The topological polar surface area (TPSA) is 73.1 Å². The first kappa shape index (κ1) is 15.4. The van der Waals surface area contributed by atoms with Crippen molar-refractivity contribution >= 4 is 17.7 Å². The number of anilines is 1. The number of carbonyl (C=O) groups excluding carboxylic acids is 1. The van der Waals surface area contributed by atoms with Gasteiger partial charge in [0.15, 0.2) is 0 Å². The molecular weight excluding hydrogens is 289 g/mol. The van der Waals surface area contributed by atoms with E-state index < -0.39 is 23.0 Å². The van der Waals surface area contributed by atoms with Gasteiger partial charge in [-0.15, -0.1) is 0 Å². The molecule has 0 fully saturated rings. The molecule has 0 atom stereocenters. The van der Waals surface area contributed by atoms with Crippen LogP contribution in [0.4, 0.5) is 10.1 Å². The average molecular weight is 303 g/mol. The summed E-state index contributed by atoms with van der Waals surface area (Å²) in [4.78, 5) is 35.2. The first-order valence-electron chi connectivity index (χ1n) is 6.40. The first-order chi connectivity index (χ1) is 10.4. The summed E-state index contributed by atoms with van der Waals surface area (Å²) in [6, 6.07) is 5.74. The van der Waals surface area contributed by atoms with Crippen molar-refractivity contribution in [3.8, 4) is 0 Å². The smallest absolute Gasteiger partial charge is 0.320 e. The van der Waals surface area contributed by atoms with Crippen molar-refractivity contribution < 1.29 is 9.18 Å². The molecule has 1 aromatic carbocycles. The van der Waals surface area contributed by atoms with E-state index >= 15 is 0 Å². The summed E-state index contributed by atoms with van der Waals surface area (Å²) in [5.41, 5.74) is -0.755. The Morgan fingerprint density at radius 2 is 1.91 bits per heavy atom. The van der Waals surface area contributed by atoms with Gasteiger partial charge in [-0.25, -0.2) is 9.18 Å². The number of aromatic nitrogens is 2. The molecule has 0 saturated carbocycles. The van der Waals surface area contributed by atoms with Gasteiger partial charge in [0.2, 0.25) is 5.91 Å². The third kappa shape index (κ3) is 3.20. The molecule has 22 heavy (non-hydrogen) atoms. The Bertz CT molecular complexity index is 865. The molecule has 0 aliphatic rings. The molecule has 1 N–H and O–H groups in total. The fourth-order valence-electron chi connectivity index (χ4n) is 1.85. The zero-order chi connectivity index (χ0) is 16.3. The molecule has 0 unspecified atom stereocenters. The van der Waals surface area contributed by atoms with E-state index in [1.54, 1.807) is 6.07 Å². The van der Waals surface area contributed by atoms with Crippen LogP contribution >= 0.6 is 0 Å². The van der Waals surface area contributed by atoms with Crippen LogP contribution in [0.3, 0.4) is 0 Å². The number of benzene rings is 1. The zero-order valence-electron chi connectivity index (χ0n) is 12.0. The molecule has 6 nitrogen and oxygen atoms in total. The molecule has 114 valence electrons. The van der Waals surface area contributed by atoms with Gasteiger partial charge in [-0.1, -0.05) is 12.1 Å². The van der Waals surface area contributed by atoms with Crippen molar-refractivity contribution in [1.82, 2.24) is 9.13 Å². The number of nitrogens with one attached hydrogen (secondary N) is 1. The maximum absolute atomic E-state index is 13.4. The SMILES string of the molecule is Cn1cc(/C=C/C(=O)Nc2ccccc2F)c(=O)n(C)c1=O. The van der Waals surface area contributed by atoms with E-state index in [4.69, 9.17) is 0 Å². The molecule has 0 aliphatic heterocycles. The number of hydrogen-bond donors (Lipinski definition) is 1. The normalized spacial score (nSPS) is 10.9. The fourth-order valence-corrected chi connectivity index (χ4v) is 1.85. The molecule has 2 aromatic rings. The number of hydrogen-bond acceptors (Lipinski definition) is 3. The third-order valence-electron chi connectivity index (χ3n) is 3.02. The van der Waals surface area contributed by atoms with Gasteiger partial charge in [-0.05, 0) is 18.2 Å². The Balaban J connectivity index is 2.23. The summed E-state index contributed by atoms with van der Waals surface area (Å²) in [5, 5.41) is 2.36. The number of amides is 1. The van der Waals surface area contributed by atoms with Crippen LogP contribution in [-0.2, 0) is 18.9 Å². The first-order valence-corrected chi connectivity index (χ1v) is 6.40. The lowest BCUT2D eigenvalue weighted by Gasteiger charge is -2.04. The van der Waals surface area contributed by atoms with Crippen molar-refractivity contribution in [2.24, 2.45) is 14.1 Å². The number of carbonyl (C=O) groups is 1. The van der Waals surface area contributed by atoms with E-state index in [1.807, 2.05) is 0 Å². The summed E-state index contributed by atoms with van der Waals surface area (Å²) in [7, 11) is 2.85. The zero-order valence-corrected chi connectivity index (χ0v) is 12.0. The Hall–Kier alpha value is -2.96. The van der Waals surface area contributed by atoms with Gasteiger partial charge in [0.1, 0.15) is 5.82 Å². The van der Waals surface area contributed by atoms with Gasteiger partial charge in [-0.2, -0.15) is 0 Å². The van der Waals surface area contributed by atoms with Crippen LogP contribution < -0.4 is 16.6 Å². The summed E-state index contributed by atoms with van der Waals surface area (Å²) in [5.74, 6) is -1.14. The summed E-state index contributed by atoms with van der Waals surface area (Å²) in [6.07, 6.45) is 3.71. The van der Waals surface area contributed by atoms with Crippen LogP contribution in [0.2, 0.25) is 0 Å². The monoisotopic (exact) mass is 303 g/mol. The van der Waals surface area contributed by atoms with Crippen molar-refractivity contribution in [3.05, 3.63) is 68.8 Å². The van der Waals surface area contributed by atoms with Gasteiger partial charge in [0.25, 0.3) is 5.56 Å². The lowest BCUT2D eigenvalue weighted by atomic mass is 10.2. The Morgan fingerprint density at radius 1 is 1.23 bits per heavy atom. The van der Waals surface area contributed by atoms with E-state index in [0.29, 0.717) is 0 Å². The third-order valence-corrected chi connectivity index (χ3v) is 3.02. The molecule has 0 bridgehead atoms. The van der Waals surface area contributed by atoms with Crippen LogP contribution in [-0.4, -0.2) is 15.0 Å². The molecule has 0 aliphatic carbocycles.